The molecular formula is C20H22N4O3S2. The third kappa shape index (κ3) is 3.72. The molecular weight excluding hydrogens is 408 g/mol. The lowest BCUT2D eigenvalue weighted by molar-refractivity contribution is -0.139. The normalized spacial score (nSPS) is 22.2. The zero-order chi connectivity index (χ0) is 20.8. The third-order valence-electron chi connectivity index (χ3n) is 5.03. The molecule has 0 aromatic carbocycles. The fourth-order valence-corrected chi connectivity index (χ4v) is 5.03. The molecule has 0 radical (unpaired) electrons. The van der Waals surface area contributed by atoms with Crippen LogP contribution in [0.5, 0.6) is 0 Å². The van der Waals surface area contributed by atoms with Crippen molar-refractivity contribution in [3.63, 3.8) is 0 Å². The molecule has 0 aliphatic carbocycles. The van der Waals surface area contributed by atoms with Crippen molar-refractivity contribution >= 4 is 46.2 Å². The van der Waals surface area contributed by atoms with E-state index in [1.807, 2.05) is 55.8 Å². The Balaban J connectivity index is 1.57. The van der Waals surface area contributed by atoms with Gasteiger partial charge in [-0.25, -0.2) is 9.80 Å². The molecule has 2 aromatic heterocycles. The van der Waals surface area contributed by atoms with Gasteiger partial charge in [0.1, 0.15) is 12.6 Å². The molecule has 9 heteroatoms. The van der Waals surface area contributed by atoms with Crippen LogP contribution in [0.2, 0.25) is 0 Å². The van der Waals surface area contributed by atoms with Crippen molar-refractivity contribution in [1.82, 2.24) is 15.2 Å². The summed E-state index contributed by atoms with van der Waals surface area (Å²) in [6, 6.07) is 6.46. The fourth-order valence-electron chi connectivity index (χ4n) is 3.50. The first-order valence-corrected chi connectivity index (χ1v) is 11.1. The number of nitrogens with one attached hydrogen (secondary N) is 1. The van der Waals surface area contributed by atoms with Crippen molar-refractivity contribution in [3.8, 4) is 0 Å². The highest BCUT2D eigenvalue weighted by molar-refractivity contribution is 7.12. The van der Waals surface area contributed by atoms with Crippen LogP contribution in [0.25, 0.3) is 0 Å². The van der Waals surface area contributed by atoms with E-state index in [-0.39, 0.29) is 24.4 Å². The number of carbonyl (C=O) groups is 3. The van der Waals surface area contributed by atoms with Gasteiger partial charge in [0.2, 0.25) is 0 Å². The van der Waals surface area contributed by atoms with E-state index in [1.54, 1.807) is 22.7 Å². The molecule has 4 amide bonds. The average molecular weight is 431 g/mol. The van der Waals surface area contributed by atoms with Crippen molar-refractivity contribution in [2.45, 2.75) is 39.3 Å². The van der Waals surface area contributed by atoms with Crippen LogP contribution in [0.1, 0.15) is 43.0 Å². The summed E-state index contributed by atoms with van der Waals surface area (Å²) >= 11 is 3.14. The first kappa shape index (κ1) is 19.8. The Labute approximate surface area is 177 Å². The monoisotopic (exact) mass is 430 g/mol. The molecule has 2 atom stereocenters. The smallest absolute Gasteiger partial charge is 0.325 e. The molecule has 2 aromatic rings. The molecule has 1 N–H and O–H groups in total. The zero-order valence-corrected chi connectivity index (χ0v) is 18.0. The number of hydrogen-bond donors (Lipinski definition) is 1. The molecule has 0 bridgehead atoms. The number of rotatable bonds is 4. The standard InChI is InChI=1S/C20H22N4O3S2/c1-20(2,3)17-18(26)23(19(27)21-17)11-16(25)24-13(15-7-5-9-29-15)10-12(22-24)14-6-4-8-28-14/h4-9,13,17H,10-11H2,1-3H3,(H,21,27)/t13-,17-/m1/s1. The van der Waals surface area contributed by atoms with E-state index in [1.165, 1.54) is 5.01 Å². The van der Waals surface area contributed by atoms with Crippen LogP contribution in [0.4, 0.5) is 4.79 Å². The summed E-state index contributed by atoms with van der Waals surface area (Å²) in [5.41, 5.74) is 0.416. The van der Waals surface area contributed by atoms with E-state index in [4.69, 9.17) is 0 Å². The minimum atomic E-state index is -0.639. The van der Waals surface area contributed by atoms with Crippen molar-refractivity contribution in [1.29, 1.82) is 0 Å². The summed E-state index contributed by atoms with van der Waals surface area (Å²) in [5, 5.41) is 12.6. The minimum absolute atomic E-state index is 0.223. The van der Waals surface area contributed by atoms with Gasteiger partial charge in [-0.15, -0.1) is 22.7 Å². The van der Waals surface area contributed by atoms with Gasteiger partial charge in [-0.1, -0.05) is 32.9 Å². The second-order valence-corrected chi connectivity index (χ2v) is 10.1. The van der Waals surface area contributed by atoms with Crippen LogP contribution < -0.4 is 5.32 Å². The van der Waals surface area contributed by atoms with Gasteiger partial charge in [-0.05, 0) is 28.3 Å². The van der Waals surface area contributed by atoms with E-state index in [2.05, 4.69) is 10.4 Å². The van der Waals surface area contributed by atoms with Gasteiger partial charge in [0.15, 0.2) is 0 Å². The quantitative estimate of drug-likeness (QED) is 0.754. The maximum absolute atomic E-state index is 13.1. The topological polar surface area (TPSA) is 82.1 Å². The van der Waals surface area contributed by atoms with E-state index in [9.17, 15) is 14.4 Å². The van der Waals surface area contributed by atoms with Crippen LogP contribution in [-0.2, 0) is 9.59 Å². The summed E-state index contributed by atoms with van der Waals surface area (Å²) in [7, 11) is 0. The highest BCUT2D eigenvalue weighted by atomic mass is 32.1. The van der Waals surface area contributed by atoms with E-state index in [0.29, 0.717) is 6.42 Å². The lowest BCUT2D eigenvalue weighted by atomic mass is 9.87. The van der Waals surface area contributed by atoms with Crippen molar-refractivity contribution in [2.24, 2.45) is 10.5 Å². The molecule has 0 spiro atoms. The largest absolute Gasteiger partial charge is 0.325 e. The first-order chi connectivity index (χ1) is 13.8. The maximum atomic E-state index is 13.1. The highest BCUT2D eigenvalue weighted by Crippen LogP contribution is 2.36. The molecule has 1 fully saturated rings. The number of amides is 4. The predicted octanol–water partition coefficient (Wildman–Crippen LogP) is 3.45. The van der Waals surface area contributed by atoms with Gasteiger partial charge < -0.3 is 5.32 Å². The fraction of sp³-hybridized carbons (Fsp3) is 0.400. The molecule has 0 unspecified atom stereocenters. The molecule has 2 aliphatic rings. The van der Waals surface area contributed by atoms with E-state index < -0.39 is 17.5 Å². The second kappa shape index (κ2) is 7.38. The zero-order valence-electron chi connectivity index (χ0n) is 16.4. The van der Waals surface area contributed by atoms with Crippen LogP contribution in [0.15, 0.2) is 40.1 Å². The van der Waals surface area contributed by atoms with E-state index in [0.717, 1.165) is 20.4 Å². The molecule has 4 rings (SSSR count). The summed E-state index contributed by atoms with van der Waals surface area (Å²) in [6.07, 6.45) is 0.609. The molecule has 29 heavy (non-hydrogen) atoms. The summed E-state index contributed by atoms with van der Waals surface area (Å²) in [5.74, 6) is -0.738. The third-order valence-corrected chi connectivity index (χ3v) is 6.92. The number of hydrazone groups is 1. The SMILES string of the molecule is CC(C)(C)[C@@H]1NC(=O)N(CC(=O)N2N=C(c3cccs3)C[C@@H]2c2cccs2)C1=O. The van der Waals surface area contributed by atoms with Gasteiger partial charge in [0.25, 0.3) is 11.8 Å². The van der Waals surface area contributed by atoms with Crippen LogP contribution in [0.3, 0.4) is 0 Å². The van der Waals surface area contributed by atoms with Crippen LogP contribution in [0, 0.1) is 5.41 Å². The van der Waals surface area contributed by atoms with Crippen LogP contribution in [-0.4, -0.2) is 46.1 Å². The molecule has 0 saturated carbocycles. The van der Waals surface area contributed by atoms with Gasteiger partial charge >= 0.3 is 6.03 Å². The predicted molar refractivity (Wildman–Crippen MR) is 113 cm³/mol. The first-order valence-electron chi connectivity index (χ1n) is 9.34. The average Bonchev–Trinajstić information content (AvgIpc) is 3.42. The molecule has 152 valence electrons. The molecule has 4 heterocycles. The Hall–Kier alpha value is -2.52. The van der Waals surface area contributed by atoms with Gasteiger partial charge in [-0.2, -0.15) is 5.10 Å². The van der Waals surface area contributed by atoms with Crippen molar-refractivity contribution < 1.29 is 14.4 Å². The Morgan fingerprint density at radius 1 is 1.21 bits per heavy atom. The Morgan fingerprint density at radius 2 is 1.93 bits per heavy atom. The Morgan fingerprint density at radius 3 is 2.52 bits per heavy atom. The molecule has 2 aliphatic heterocycles. The number of hydrogen-bond acceptors (Lipinski definition) is 6. The minimum Gasteiger partial charge on any atom is -0.325 e. The maximum Gasteiger partial charge on any atom is 0.325 e. The Kier molecular flexibility index (Phi) is 5.04. The Bertz CT molecular complexity index is 961. The lowest BCUT2D eigenvalue weighted by Gasteiger charge is -2.25. The molecule has 7 nitrogen and oxygen atoms in total. The summed E-state index contributed by atoms with van der Waals surface area (Å²) < 4.78 is 0. The second-order valence-electron chi connectivity index (χ2n) is 8.17. The molecule has 1 saturated heterocycles. The number of nitrogens with zero attached hydrogens (tertiary/aromatic N) is 3. The highest BCUT2D eigenvalue weighted by Gasteiger charge is 2.46. The lowest BCUT2D eigenvalue weighted by Crippen LogP contribution is -2.43. The van der Waals surface area contributed by atoms with E-state index >= 15 is 0 Å². The summed E-state index contributed by atoms with van der Waals surface area (Å²) in [6.45, 7) is 5.32. The van der Waals surface area contributed by atoms with Gasteiger partial charge in [0, 0.05) is 11.3 Å². The van der Waals surface area contributed by atoms with Gasteiger partial charge in [0.05, 0.1) is 16.6 Å². The summed E-state index contributed by atoms with van der Waals surface area (Å²) in [4.78, 5) is 41.2. The van der Waals surface area contributed by atoms with Gasteiger partial charge in [-0.3, -0.25) is 14.5 Å². The number of thiophene rings is 2. The van der Waals surface area contributed by atoms with Crippen molar-refractivity contribution in [2.75, 3.05) is 6.54 Å². The number of carbonyl (C=O) groups excluding carboxylic acids is 3. The number of imide groups is 1. The number of urea groups is 1. The van der Waals surface area contributed by atoms with Crippen LogP contribution >= 0.6 is 22.7 Å². The van der Waals surface area contributed by atoms with Crippen molar-refractivity contribution in [3.05, 3.63) is 44.8 Å².